The molecule has 0 spiro atoms. The third-order valence-corrected chi connectivity index (χ3v) is 7.72. The second-order valence-electron chi connectivity index (χ2n) is 9.70. The second kappa shape index (κ2) is 7.02. The first kappa shape index (κ1) is 18.4. The van der Waals surface area contributed by atoms with Crippen LogP contribution in [0.2, 0.25) is 0 Å². The lowest BCUT2D eigenvalue weighted by Crippen LogP contribution is -2.46. The van der Waals surface area contributed by atoms with Crippen LogP contribution in [0, 0.1) is 23.2 Å². The maximum Gasteiger partial charge on any atom is 0.233 e. The molecule has 28 heavy (non-hydrogen) atoms. The molecule has 0 N–H and O–H groups in total. The Morgan fingerprint density at radius 3 is 2.96 bits per heavy atom. The number of benzene rings is 1. The highest BCUT2D eigenvalue weighted by molar-refractivity contribution is 5.99. The van der Waals surface area contributed by atoms with Gasteiger partial charge in [0.05, 0.1) is 11.5 Å². The number of anilines is 1. The van der Waals surface area contributed by atoms with Crippen molar-refractivity contribution < 1.29 is 9.53 Å². The number of amides is 1. The number of carbonyl (C=O) groups is 1. The van der Waals surface area contributed by atoms with Crippen LogP contribution >= 0.6 is 0 Å². The largest absolute Gasteiger partial charge is 0.373 e. The molecule has 5 unspecified atom stereocenters. The number of ether oxygens (including phenoxy) is 1. The van der Waals surface area contributed by atoms with E-state index in [0.717, 1.165) is 63.3 Å². The van der Waals surface area contributed by atoms with Gasteiger partial charge < -0.3 is 9.64 Å². The smallest absolute Gasteiger partial charge is 0.233 e. The van der Waals surface area contributed by atoms with Gasteiger partial charge in [-0.15, -0.1) is 0 Å². The standard InChI is InChI=1S/C25H33NO2/c1-3-4-11-28-23-9-10-26(22-8-6-5-7-20(22)23)24(27)25-14-17(2)12-18-13-19(15-25)21(18)16-25/h5-8,12,17,19,21,23H,3-4,9-11,13-16H2,1-2H3. The zero-order chi connectivity index (χ0) is 19.3. The van der Waals surface area contributed by atoms with Crippen molar-refractivity contribution in [3.8, 4) is 0 Å². The molecule has 4 aliphatic rings. The number of nitrogens with zero attached hydrogens (tertiary/aromatic N) is 1. The summed E-state index contributed by atoms with van der Waals surface area (Å²) in [5, 5.41) is 0. The minimum Gasteiger partial charge on any atom is -0.373 e. The van der Waals surface area contributed by atoms with Gasteiger partial charge in [-0.1, -0.05) is 50.1 Å². The van der Waals surface area contributed by atoms with E-state index in [1.807, 2.05) is 0 Å². The Balaban J connectivity index is 1.42. The van der Waals surface area contributed by atoms with Crippen LogP contribution in [0.15, 0.2) is 35.9 Å². The molecule has 1 aromatic carbocycles. The first-order valence-electron chi connectivity index (χ1n) is 11.3. The molecular weight excluding hydrogens is 346 g/mol. The normalized spacial score (nSPS) is 35.6. The molecule has 5 rings (SSSR count). The lowest BCUT2D eigenvalue weighted by molar-refractivity contribution is -0.129. The lowest BCUT2D eigenvalue weighted by Gasteiger charge is -2.40. The number of hydrogen-bond acceptors (Lipinski definition) is 2. The highest BCUT2D eigenvalue weighted by atomic mass is 16.5. The Morgan fingerprint density at radius 2 is 2.11 bits per heavy atom. The van der Waals surface area contributed by atoms with Crippen LogP contribution < -0.4 is 4.90 Å². The number of rotatable bonds is 5. The summed E-state index contributed by atoms with van der Waals surface area (Å²) in [5.74, 6) is 2.37. The molecule has 1 heterocycles. The fourth-order valence-corrected chi connectivity index (χ4v) is 6.49. The Bertz CT molecular complexity index is 799. The average molecular weight is 380 g/mol. The number of fused-ring (bicyclic) bond motifs is 2. The summed E-state index contributed by atoms with van der Waals surface area (Å²) < 4.78 is 6.20. The summed E-state index contributed by atoms with van der Waals surface area (Å²) in [7, 11) is 0. The van der Waals surface area contributed by atoms with Crippen molar-refractivity contribution in [1.82, 2.24) is 0 Å². The van der Waals surface area contributed by atoms with Crippen molar-refractivity contribution in [2.45, 2.75) is 64.9 Å². The quantitative estimate of drug-likeness (QED) is 0.488. The van der Waals surface area contributed by atoms with Gasteiger partial charge in [-0.2, -0.15) is 0 Å². The summed E-state index contributed by atoms with van der Waals surface area (Å²) in [4.78, 5) is 16.1. The van der Waals surface area contributed by atoms with Gasteiger partial charge in [0.1, 0.15) is 0 Å². The molecule has 3 aliphatic carbocycles. The minimum absolute atomic E-state index is 0.130. The monoisotopic (exact) mass is 379 g/mol. The Kier molecular flexibility index (Phi) is 4.62. The first-order chi connectivity index (χ1) is 13.6. The third-order valence-electron chi connectivity index (χ3n) is 7.72. The number of hydrogen-bond donors (Lipinski definition) is 0. The van der Waals surface area contributed by atoms with E-state index in [0.29, 0.717) is 17.7 Å². The van der Waals surface area contributed by atoms with Gasteiger partial charge in [-0.05, 0) is 62.3 Å². The number of para-hydroxylation sites is 1. The zero-order valence-corrected chi connectivity index (χ0v) is 17.3. The van der Waals surface area contributed by atoms with Crippen molar-refractivity contribution in [3.05, 3.63) is 41.5 Å². The number of allylic oxidation sites excluding steroid dienone is 2. The van der Waals surface area contributed by atoms with E-state index in [4.69, 9.17) is 4.74 Å². The second-order valence-corrected chi connectivity index (χ2v) is 9.70. The third kappa shape index (κ3) is 2.85. The van der Waals surface area contributed by atoms with E-state index in [1.165, 1.54) is 12.0 Å². The van der Waals surface area contributed by atoms with Crippen molar-refractivity contribution >= 4 is 11.6 Å². The summed E-state index contributed by atoms with van der Waals surface area (Å²) in [6.45, 7) is 6.10. The summed E-state index contributed by atoms with van der Waals surface area (Å²) in [6.07, 6.45) is 10.2. The molecule has 2 saturated carbocycles. The van der Waals surface area contributed by atoms with E-state index in [-0.39, 0.29) is 11.5 Å². The van der Waals surface area contributed by atoms with Crippen LogP contribution in [0.4, 0.5) is 5.69 Å². The minimum atomic E-state index is -0.146. The Morgan fingerprint density at radius 1 is 1.25 bits per heavy atom. The predicted octanol–water partition coefficient (Wildman–Crippen LogP) is 5.66. The fourth-order valence-electron chi connectivity index (χ4n) is 6.49. The molecule has 1 aliphatic heterocycles. The summed E-state index contributed by atoms with van der Waals surface area (Å²) in [6, 6.07) is 8.45. The van der Waals surface area contributed by atoms with E-state index in [9.17, 15) is 4.79 Å². The molecule has 150 valence electrons. The molecule has 5 atom stereocenters. The van der Waals surface area contributed by atoms with Crippen LogP contribution in [0.3, 0.4) is 0 Å². The molecule has 0 saturated heterocycles. The molecule has 1 amide bonds. The van der Waals surface area contributed by atoms with Crippen molar-refractivity contribution in [3.63, 3.8) is 0 Å². The highest BCUT2D eigenvalue weighted by Gasteiger charge is 2.58. The maximum absolute atomic E-state index is 14.0. The molecule has 2 fully saturated rings. The molecular formula is C25H33NO2. The van der Waals surface area contributed by atoms with Crippen molar-refractivity contribution in [1.29, 1.82) is 0 Å². The molecule has 0 radical (unpaired) electrons. The SMILES string of the molecule is CCCCOC1CCN(C(=O)C23CC(C)C=C4CC(C2)C4C3)c2ccccc21. The van der Waals surface area contributed by atoms with Gasteiger partial charge >= 0.3 is 0 Å². The predicted molar refractivity (Wildman–Crippen MR) is 112 cm³/mol. The number of unbranched alkanes of at least 4 members (excludes halogenated alkanes) is 1. The van der Waals surface area contributed by atoms with Crippen LogP contribution in [0.25, 0.3) is 0 Å². The van der Waals surface area contributed by atoms with Crippen molar-refractivity contribution in [2.24, 2.45) is 23.2 Å². The molecule has 3 heteroatoms. The topological polar surface area (TPSA) is 29.5 Å². The molecule has 2 bridgehead atoms. The van der Waals surface area contributed by atoms with Crippen molar-refractivity contribution in [2.75, 3.05) is 18.1 Å². The van der Waals surface area contributed by atoms with Crippen LogP contribution in [-0.2, 0) is 9.53 Å². The number of carbonyl (C=O) groups excluding carboxylic acids is 1. The van der Waals surface area contributed by atoms with Gasteiger partial charge in [0.2, 0.25) is 5.91 Å². The van der Waals surface area contributed by atoms with Gasteiger partial charge in [0, 0.05) is 24.4 Å². The Labute approximate surface area is 169 Å². The fraction of sp³-hybridized carbons (Fsp3) is 0.640. The first-order valence-corrected chi connectivity index (χ1v) is 11.3. The lowest BCUT2D eigenvalue weighted by atomic mass is 9.69. The van der Waals surface area contributed by atoms with Gasteiger partial charge in [-0.3, -0.25) is 4.79 Å². The van der Waals surface area contributed by atoms with Gasteiger partial charge in [-0.25, -0.2) is 0 Å². The highest BCUT2D eigenvalue weighted by Crippen LogP contribution is 2.63. The van der Waals surface area contributed by atoms with E-state index in [1.54, 1.807) is 5.57 Å². The molecule has 0 aromatic heterocycles. The van der Waals surface area contributed by atoms with Crippen LogP contribution in [0.5, 0.6) is 0 Å². The maximum atomic E-state index is 14.0. The van der Waals surface area contributed by atoms with E-state index in [2.05, 4.69) is 49.1 Å². The molecule has 1 aromatic rings. The summed E-state index contributed by atoms with van der Waals surface area (Å²) >= 11 is 0. The zero-order valence-electron chi connectivity index (χ0n) is 17.3. The van der Waals surface area contributed by atoms with Crippen LogP contribution in [-0.4, -0.2) is 19.1 Å². The van der Waals surface area contributed by atoms with Gasteiger partial charge in [0.15, 0.2) is 0 Å². The van der Waals surface area contributed by atoms with Gasteiger partial charge in [0.25, 0.3) is 0 Å². The van der Waals surface area contributed by atoms with E-state index >= 15 is 0 Å². The van der Waals surface area contributed by atoms with E-state index < -0.39 is 0 Å². The Hall–Kier alpha value is -1.61. The average Bonchev–Trinajstić information content (AvgIpc) is 2.92. The summed E-state index contributed by atoms with van der Waals surface area (Å²) in [5.41, 5.74) is 3.80. The van der Waals surface area contributed by atoms with Crippen LogP contribution in [0.1, 0.15) is 70.5 Å². The molecule has 3 nitrogen and oxygen atoms in total.